The number of rotatable bonds is 1. The van der Waals surface area contributed by atoms with E-state index < -0.39 is 11.8 Å². The number of ether oxygens (including phenoxy) is 1. The van der Waals surface area contributed by atoms with E-state index in [9.17, 15) is 9.18 Å². The Hall–Kier alpha value is -1.91. The molecular formula is C10H9FN2O2. The predicted molar refractivity (Wildman–Crippen MR) is 52.0 cm³/mol. The smallest absolute Gasteiger partial charge is 0.374 e. The highest BCUT2D eigenvalue weighted by atomic mass is 19.1. The summed E-state index contributed by atoms with van der Waals surface area (Å²) in [5.74, 6) is -0.927. The second-order valence-electron chi connectivity index (χ2n) is 3.09. The lowest BCUT2D eigenvalue weighted by Crippen LogP contribution is -2.08. The summed E-state index contributed by atoms with van der Waals surface area (Å²) in [5, 5.41) is 0. The molecule has 0 fully saturated rings. The molecule has 15 heavy (non-hydrogen) atoms. The molecule has 1 aromatic carbocycles. The monoisotopic (exact) mass is 208 g/mol. The minimum Gasteiger partial charge on any atom is -0.463 e. The van der Waals surface area contributed by atoms with E-state index in [-0.39, 0.29) is 11.3 Å². The fourth-order valence-electron chi connectivity index (χ4n) is 1.45. The van der Waals surface area contributed by atoms with Crippen molar-refractivity contribution in [2.45, 2.75) is 0 Å². The highest BCUT2D eigenvalue weighted by Gasteiger charge is 2.17. The summed E-state index contributed by atoms with van der Waals surface area (Å²) in [6.07, 6.45) is 0. The van der Waals surface area contributed by atoms with Crippen LogP contribution in [-0.4, -0.2) is 22.6 Å². The Morgan fingerprint density at radius 3 is 2.87 bits per heavy atom. The minimum absolute atomic E-state index is 0.0950. The molecule has 2 rings (SSSR count). The SMILES string of the molecule is COC(=O)c1nc2c(F)cccc2n1C. The number of methoxy groups -OCH3 is 1. The van der Waals surface area contributed by atoms with Crippen molar-refractivity contribution in [2.75, 3.05) is 7.11 Å². The van der Waals surface area contributed by atoms with Crippen molar-refractivity contribution in [2.24, 2.45) is 7.05 Å². The second-order valence-corrected chi connectivity index (χ2v) is 3.09. The third-order valence-electron chi connectivity index (χ3n) is 2.23. The zero-order chi connectivity index (χ0) is 11.0. The summed E-state index contributed by atoms with van der Waals surface area (Å²) in [6, 6.07) is 4.56. The molecule has 4 nitrogen and oxygen atoms in total. The molecule has 0 aliphatic rings. The summed E-state index contributed by atoms with van der Waals surface area (Å²) in [7, 11) is 2.90. The summed E-state index contributed by atoms with van der Waals surface area (Å²) in [5.41, 5.74) is 0.746. The van der Waals surface area contributed by atoms with Gasteiger partial charge < -0.3 is 9.30 Å². The largest absolute Gasteiger partial charge is 0.463 e. The van der Waals surface area contributed by atoms with Crippen LogP contribution in [0.5, 0.6) is 0 Å². The van der Waals surface area contributed by atoms with Crippen molar-refractivity contribution < 1.29 is 13.9 Å². The number of carbonyl (C=O) groups excluding carboxylic acids is 1. The van der Waals surface area contributed by atoms with Gasteiger partial charge in [0.05, 0.1) is 12.6 Å². The predicted octanol–water partition coefficient (Wildman–Crippen LogP) is 1.50. The van der Waals surface area contributed by atoms with E-state index in [1.54, 1.807) is 19.2 Å². The van der Waals surface area contributed by atoms with Crippen molar-refractivity contribution in [3.63, 3.8) is 0 Å². The third-order valence-corrected chi connectivity index (χ3v) is 2.23. The Kier molecular flexibility index (Phi) is 2.15. The van der Waals surface area contributed by atoms with E-state index in [0.717, 1.165) is 0 Å². The molecule has 0 radical (unpaired) electrons. The van der Waals surface area contributed by atoms with Gasteiger partial charge in [0.1, 0.15) is 5.52 Å². The first-order valence-corrected chi connectivity index (χ1v) is 4.34. The molecule has 2 aromatic rings. The standard InChI is InChI=1S/C10H9FN2O2/c1-13-7-5-3-4-6(11)8(7)12-9(13)10(14)15-2/h3-5H,1-2H3. The van der Waals surface area contributed by atoms with Crippen molar-refractivity contribution in [1.82, 2.24) is 9.55 Å². The summed E-state index contributed by atoms with van der Waals surface area (Å²) < 4.78 is 19.4. The fourth-order valence-corrected chi connectivity index (χ4v) is 1.45. The molecule has 0 saturated carbocycles. The van der Waals surface area contributed by atoms with Gasteiger partial charge in [0.25, 0.3) is 0 Å². The minimum atomic E-state index is -0.576. The van der Waals surface area contributed by atoms with E-state index in [0.29, 0.717) is 5.52 Å². The number of fused-ring (bicyclic) bond motifs is 1. The van der Waals surface area contributed by atoms with Crippen LogP contribution >= 0.6 is 0 Å². The summed E-state index contributed by atoms with van der Waals surface area (Å²) in [6.45, 7) is 0. The van der Waals surface area contributed by atoms with Crippen molar-refractivity contribution in [3.05, 3.63) is 29.8 Å². The molecular weight excluding hydrogens is 199 g/mol. The maximum Gasteiger partial charge on any atom is 0.374 e. The quantitative estimate of drug-likeness (QED) is 0.667. The molecule has 0 amide bonds. The molecule has 0 saturated heterocycles. The van der Waals surface area contributed by atoms with Gasteiger partial charge in [0, 0.05) is 7.05 Å². The number of hydrogen-bond donors (Lipinski definition) is 0. The van der Waals surface area contributed by atoms with Gasteiger partial charge in [-0.25, -0.2) is 14.2 Å². The highest BCUT2D eigenvalue weighted by molar-refractivity contribution is 5.91. The van der Waals surface area contributed by atoms with Crippen LogP contribution in [0, 0.1) is 5.82 Å². The molecule has 0 aliphatic carbocycles. The van der Waals surface area contributed by atoms with Crippen LogP contribution < -0.4 is 0 Å². The van der Waals surface area contributed by atoms with Crippen LogP contribution in [0.25, 0.3) is 11.0 Å². The van der Waals surface area contributed by atoms with Crippen molar-refractivity contribution in [3.8, 4) is 0 Å². The molecule has 0 N–H and O–H groups in total. The Morgan fingerprint density at radius 1 is 1.53 bits per heavy atom. The fraction of sp³-hybridized carbons (Fsp3) is 0.200. The molecule has 1 aromatic heterocycles. The number of aryl methyl sites for hydroxylation is 1. The van der Waals surface area contributed by atoms with Crippen LogP contribution in [0.1, 0.15) is 10.6 Å². The summed E-state index contributed by atoms with van der Waals surface area (Å²) in [4.78, 5) is 15.2. The number of nitrogens with zero attached hydrogens (tertiary/aromatic N) is 2. The Balaban J connectivity index is 2.75. The number of imidazole rings is 1. The molecule has 5 heteroatoms. The number of esters is 1. The zero-order valence-corrected chi connectivity index (χ0v) is 8.32. The summed E-state index contributed by atoms with van der Waals surface area (Å²) >= 11 is 0. The van der Waals surface area contributed by atoms with E-state index >= 15 is 0 Å². The average Bonchev–Trinajstić information content (AvgIpc) is 2.57. The number of carbonyl (C=O) groups is 1. The topological polar surface area (TPSA) is 44.1 Å². The Labute approximate surface area is 85.3 Å². The van der Waals surface area contributed by atoms with Crippen molar-refractivity contribution >= 4 is 17.0 Å². The molecule has 0 aliphatic heterocycles. The Morgan fingerprint density at radius 2 is 2.27 bits per heavy atom. The maximum atomic E-state index is 13.3. The molecule has 1 heterocycles. The van der Waals surface area contributed by atoms with Gasteiger partial charge >= 0.3 is 5.97 Å². The number of hydrogen-bond acceptors (Lipinski definition) is 3. The number of halogens is 1. The first-order chi connectivity index (χ1) is 7.15. The Bertz CT molecular complexity index is 533. The average molecular weight is 208 g/mol. The van der Waals surface area contributed by atoms with Crippen LogP contribution in [0.2, 0.25) is 0 Å². The van der Waals surface area contributed by atoms with E-state index in [1.807, 2.05) is 0 Å². The van der Waals surface area contributed by atoms with Gasteiger partial charge in [-0.1, -0.05) is 6.07 Å². The van der Waals surface area contributed by atoms with E-state index in [1.165, 1.54) is 17.7 Å². The normalized spacial score (nSPS) is 10.6. The molecule has 0 atom stereocenters. The number of para-hydroxylation sites is 1. The van der Waals surface area contributed by atoms with Gasteiger partial charge in [0.2, 0.25) is 5.82 Å². The maximum absolute atomic E-state index is 13.3. The first kappa shape index (κ1) is 9.64. The van der Waals surface area contributed by atoms with Gasteiger partial charge in [-0.3, -0.25) is 0 Å². The highest BCUT2D eigenvalue weighted by Crippen LogP contribution is 2.18. The van der Waals surface area contributed by atoms with Crippen molar-refractivity contribution in [1.29, 1.82) is 0 Å². The molecule has 0 unspecified atom stereocenters. The first-order valence-electron chi connectivity index (χ1n) is 4.34. The van der Waals surface area contributed by atoms with Crippen LogP contribution in [0.3, 0.4) is 0 Å². The molecule has 0 spiro atoms. The van der Waals surface area contributed by atoms with Gasteiger partial charge in [-0.05, 0) is 12.1 Å². The van der Waals surface area contributed by atoms with Gasteiger partial charge in [-0.15, -0.1) is 0 Å². The third kappa shape index (κ3) is 1.36. The lowest BCUT2D eigenvalue weighted by atomic mass is 10.3. The molecule has 0 bridgehead atoms. The van der Waals surface area contributed by atoms with Gasteiger partial charge in [-0.2, -0.15) is 0 Å². The number of benzene rings is 1. The zero-order valence-electron chi connectivity index (χ0n) is 8.32. The molecule has 78 valence electrons. The van der Waals surface area contributed by atoms with Crippen LogP contribution in [0.4, 0.5) is 4.39 Å². The lowest BCUT2D eigenvalue weighted by molar-refractivity contribution is 0.0583. The number of aromatic nitrogens is 2. The van der Waals surface area contributed by atoms with Gasteiger partial charge in [0.15, 0.2) is 5.82 Å². The lowest BCUT2D eigenvalue weighted by Gasteiger charge is -1.98. The van der Waals surface area contributed by atoms with Crippen LogP contribution in [0.15, 0.2) is 18.2 Å². The van der Waals surface area contributed by atoms with E-state index in [2.05, 4.69) is 9.72 Å². The van der Waals surface area contributed by atoms with E-state index in [4.69, 9.17) is 0 Å². The van der Waals surface area contributed by atoms with Crippen LogP contribution in [-0.2, 0) is 11.8 Å². The second kappa shape index (κ2) is 3.34.